The highest BCUT2D eigenvalue weighted by Gasteiger charge is 2.31. The molecule has 1 aliphatic carbocycles. The highest BCUT2D eigenvalue weighted by Crippen LogP contribution is 2.28. The highest BCUT2D eigenvalue weighted by molar-refractivity contribution is 6.31. The van der Waals surface area contributed by atoms with Gasteiger partial charge in [0.15, 0.2) is 0 Å². The maximum Gasteiger partial charge on any atom is 0.315 e. The minimum atomic E-state index is -0.809. The Labute approximate surface area is 128 Å². The van der Waals surface area contributed by atoms with E-state index in [9.17, 15) is 14.3 Å². The topological polar surface area (TPSA) is 61.4 Å². The Morgan fingerprint density at radius 2 is 2.14 bits per heavy atom. The average molecular weight is 315 g/mol. The number of hydrogen-bond acceptors (Lipinski definition) is 2. The second kappa shape index (κ2) is 6.62. The van der Waals surface area contributed by atoms with Gasteiger partial charge in [-0.15, -0.1) is 0 Å². The van der Waals surface area contributed by atoms with Crippen LogP contribution in [0.3, 0.4) is 0 Å². The van der Waals surface area contributed by atoms with Crippen molar-refractivity contribution in [2.24, 2.45) is 0 Å². The maximum atomic E-state index is 13.7. The monoisotopic (exact) mass is 314 g/mol. The molecule has 1 aromatic carbocycles. The number of rotatable bonds is 4. The van der Waals surface area contributed by atoms with Crippen LogP contribution in [-0.2, 0) is 0 Å². The van der Waals surface area contributed by atoms with Crippen molar-refractivity contribution in [3.05, 3.63) is 34.6 Å². The van der Waals surface area contributed by atoms with Crippen LogP contribution in [0.15, 0.2) is 18.2 Å². The van der Waals surface area contributed by atoms with Crippen LogP contribution in [0.1, 0.15) is 44.2 Å². The van der Waals surface area contributed by atoms with Crippen LogP contribution < -0.4 is 10.6 Å². The van der Waals surface area contributed by atoms with Gasteiger partial charge in [-0.25, -0.2) is 9.18 Å². The third-order valence-electron chi connectivity index (χ3n) is 3.89. The number of urea groups is 1. The Kier molecular flexibility index (Phi) is 5.06. The van der Waals surface area contributed by atoms with E-state index in [4.69, 9.17) is 11.6 Å². The molecule has 1 atom stereocenters. The molecule has 0 radical (unpaired) electrons. The molecule has 4 nitrogen and oxygen atoms in total. The minimum Gasteiger partial charge on any atom is -0.388 e. The molecule has 1 aliphatic rings. The number of benzene rings is 1. The van der Waals surface area contributed by atoms with Gasteiger partial charge >= 0.3 is 6.03 Å². The lowest BCUT2D eigenvalue weighted by Crippen LogP contribution is -2.45. The number of carbonyl (C=O) groups is 1. The third-order valence-corrected chi connectivity index (χ3v) is 4.22. The zero-order chi connectivity index (χ0) is 15.5. The fraction of sp³-hybridized carbons (Fsp3) is 0.533. The van der Waals surface area contributed by atoms with Crippen LogP contribution in [0.5, 0.6) is 0 Å². The predicted octanol–water partition coefficient (Wildman–Crippen LogP) is 3.14. The molecule has 0 bridgehead atoms. The lowest BCUT2D eigenvalue weighted by Gasteiger charge is -2.23. The van der Waals surface area contributed by atoms with Crippen molar-refractivity contribution in [3.63, 3.8) is 0 Å². The number of halogens is 2. The van der Waals surface area contributed by atoms with Gasteiger partial charge in [0.25, 0.3) is 0 Å². The molecule has 6 heteroatoms. The van der Waals surface area contributed by atoms with Gasteiger partial charge in [0, 0.05) is 17.1 Å². The summed E-state index contributed by atoms with van der Waals surface area (Å²) in [6, 6.07) is 3.40. The minimum absolute atomic E-state index is 0.205. The van der Waals surface area contributed by atoms with Crippen LogP contribution in [-0.4, -0.2) is 23.3 Å². The van der Waals surface area contributed by atoms with Crippen LogP contribution in [0, 0.1) is 5.82 Å². The smallest absolute Gasteiger partial charge is 0.315 e. The molecule has 1 fully saturated rings. The van der Waals surface area contributed by atoms with E-state index in [0.717, 1.165) is 12.8 Å². The molecule has 3 N–H and O–H groups in total. The van der Waals surface area contributed by atoms with Gasteiger partial charge in [0.2, 0.25) is 0 Å². The second-order valence-corrected chi connectivity index (χ2v) is 6.02. The van der Waals surface area contributed by atoms with E-state index < -0.39 is 23.5 Å². The Bertz CT molecular complexity index is 498. The lowest BCUT2D eigenvalue weighted by molar-refractivity contribution is 0.0500. The van der Waals surface area contributed by atoms with Crippen molar-refractivity contribution in [1.82, 2.24) is 10.6 Å². The first kappa shape index (κ1) is 16.0. The summed E-state index contributed by atoms with van der Waals surface area (Å²) < 4.78 is 13.7. The first-order valence-corrected chi connectivity index (χ1v) is 7.50. The number of amides is 2. The average Bonchev–Trinajstić information content (AvgIpc) is 2.84. The SMILES string of the molecule is CC(NC(=O)NCC1(O)CCCC1)c1c(F)cccc1Cl. The normalized spacial score (nSPS) is 18.3. The van der Waals surface area contributed by atoms with E-state index in [1.54, 1.807) is 13.0 Å². The van der Waals surface area contributed by atoms with Gasteiger partial charge in [-0.3, -0.25) is 0 Å². The first-order chi connectivity index (χ1) is 9.91. The predicted molar refractivity (Wildman–Crippen MR) is 79.8 cm³/mol. The summed E-state index contributed by atoms with van der Waals surface area (Å²) in [7, 11) is 0. The molecule has 1 unspecified atom stereocenters. The third kappa shape index (κ3) is 4.08. The van der Waals surface area contributed by atoms with Gasteiger partial charge < -0.3 is 15.7 Å². The molecule has 116 valence electrons. The summed E-state index contributed by atoms with van der Waals surface area (Å²) in [6.45, 7) is 1.87. The van der Waals surface area contributed by atoms with Crippen molar-refractivity contribution in [2.45, 2.75) is 44.2 Å². The molecular weight excluding hydrogens is 295 g/mol. The van der Waals surface area contributed by atoms with Crippen LogP contribution >= 0.6 is 11.6 Å². The molecule has 0 aliphatic heterocycles. The fourth-order valence-electron chi connectivity index (χ4n) is 2.70. The zero-order valence-corrected chi connectivity index (χ0v) is 12.7. The Morgan fingerprint density at radius 3 is 2.76 bits per heavy atom. The number of nitrogens with one attached hydrogen (secondary N) is 2. The Morgan fingerprint density at radius 1 is 1.48 bits per heavy atom. The molecule has 21 heavy (non-hydrogen) atoms. The number of hydrogen-bond donors (Lipinski definition) is 3. The van der Waals surface area contributed by atoms with Gasteiger partial charge in [-0.05, 0) is 31.9 Å². The Hall–Kier alpha value is -1.33. The Balaban J connectivity index is 1.90. The summed E-state index contributed by atoms with van der Waals surface area (Å²) in [5.41, 5.74) is -0.551. The molecule has 2 amide bonds. The van der Waals surface area contributed by atoms with Crippen LogP contribution in [0.25, 0.3) is 0 Å². The van der Waals surface area contributed by atoms with Crippen LogP contribution in [0.2, 0.25) is 5.02 Å². The van der Waals surface area contributed by atoms with Gasteiger partial charge in [0.05, 0.1) is 11.6 Å². The molecule has 1 saturated carbocycles. The fourth-order valence-corrected chi connectivity index (χ4v) is 3.03. The van der Waals surface area contributed by atoms with Crippen molar-refractivity contribution in [3.8, 4) is 0 Å². The van der Waals surface area contributed by atoms with Crippen molar-refractivity contribution < 1.29 is 14.3 Å². The van der Waals surface area contributed by atoms with E-state index in [2.05, 4.69) is 10.6 Å². The van der Waals surface area contributed by atoms with Crippen molar-refractivity contribution in [2.75, 3.05) is 6.54 Å². The quantitative estimate of drug-likeness (QED) is 0.799. The van der Waals surface area contributed by atoms with Gasteiger partial charge in [0.1, 0.15) is 5.82 Å². The highest BCUT2D eigenvalue weighted by atomic mass is 35.5. The summed E-state index contributed by atoms with van der Waals surface area (Å²) in [4.78, 5) is 11.8. The summed E-state index contributed by atoms with van der Waals surface area (Å²) >= 11 is 5.96. The maximum absolute atomic E-state index is 13.7. The molecule has 0 heterocycles. The van der Waals surface area contributed by atoms with Gasteiger partial charge in [-0.1, -0.05) is 30.5 Å². The van der Waals surface area contributed by atoms with E-state index in [1.807, 2.05) is 0 Å². The summed E-state index contributed by atoms with van der Waals surface area (Å²) in [5.74, 6) is -0.454. The summed E-state index contributed by atoms with van der Waals surface area (Å²) in [5, 5.41) is 15.7. The molecule has 2 rings (SSSR count). The van der Waals surface area contributed by atoms with E-state index in [1.165, 1.54) is 12.1 Å². The zero-order valence-electron chi connectivity index (χ0n) is 12.0. The number of aliphatic hydroxyl groups is 1. The lowest BCUT2D eigenvalue weighted by atomic mass is 10.0. The summed E-state index contributed by atoms with van der Waals surface area (Å²) in [6.07, 6.45) is 3.34. The van der Waals surface area contributed by atoms with Crippen molar-refractivity contribution in [1.29, 1.82) is 0 Å². The molecule has 1 aromatic rings. The van der Waals surface area contributed by atoms with E-state index >= 15 is 0 Å². The molecule has 0 spiro atoms. The first-order valence-electron chi connectivity index (χ1n) is 7.12. The molecule has 0 aromatic heterocycles. The molecular formula is C15H20ClFN2O2. The molecule has 0 saturated heterocycles. The number of carbonyl (C=O) groups excluding carboxylic acids is 1. The van der Waals surface area contributed by atoms with E-state index in [0.29, 0.717) is 12.8 Å². The standard InChI is InChI=1S/C15H20ClFN2O2/c1-10(13-11(16)5-4-6-12(13)17)19-14(20)18-9-15(21)7-2-3-8-15/h4-6,10,21H,2-3,7-9H2,1H3,(H2,18,19,20). The van der Waals surface area contributed by atoms with Crippen molar-refractivity contribution >= 4 is 17.6 Å². The second-order valence-electron chi connectivity index (χ2n) is 5.62. The largest absolute Gasteiger partial charge is 0.388 e. The van der Waals surface area contributed by atoms with Gasteiger partial charge in [-0.2, -0.15) is 0 Å². The van der Waals surface area contributed by atoms with E-state index in [-0.39, 0.29) is 17.1 Å². The van der Waals surface area contributed by atoms with Crippen LogP contribution in [0.4, 0.5) is 9.18 Å².